The first-order chi connectivity index (χ1) is 14.0. The van der Waals surface area contributed by atoms with Gasteiger partial charge in [-0.25, -0.2) is 8.42 Å². The van der Waals surface area contributed by atoms with Crippen LogP contribution < -0.4 is 4.73 Å². The lowest BCUT2D eigenvalue weighted by atomic mass is 9.87. The predicted octanol–water partition coefficient (Wildman–Crippen LogP) is 4.48. The summed E-state index contributed by atoms with van der Waals surface area (Å²) in [6.07, 6.45) is 2.41. The lowest BCUT2D eigenvalue weighted by molar-refractivity contribution is -0.605. The number of nitrogens with zero attached hydrogens (tertiary/aromatic N) is 1. The van der Waals surface area contributed by atoms with Crippen molar-refractivity contribution in [3.63, 3.8) is 0 Å². The molecule has 2 aromatic carbocycles. The van der Waals surface area contributed by atoms with Gasteiger partial charge in [-0.15, -0.1) is 0 Å². The predicted molar refractivity (Wildman–Crippen MR) is 116 cm³/mol. The Balaban J connectivity index is 1.97. The molecular formula is C23H22ClNO4S. The quantitative estimate of drug-likeness (QED) is 0.331. The van der Waals surface area contributed by atoms with Crippen molar-refractivity contribution >= 4 is 27.2 Å². The van der Waals surface area contributed by atoms with Crippen molar-refractivity contribution in [2.45, 2.75) is 36.8 Å². The maximum Gasteiger partial charge on any atom is 0.199 e. The molecule has 1 heterocycles. The van der Waals surface area contributed by atoms with Gasteiger partial charge in [-0.2, -0.15) is 4.73 Å². The molecule has 7 heteroatoms. The number of hydrogen-bond acceptors (Lipinski definition) is 4. The van der Waals surface area contributed by atoms with E-state index in [1.165, 1.54) is 30.5 Å². The third-order valence-electron chi connectivity index (χ3n) is 4.78. The Hall–Kier alpha value is -2.70. The molecule has 156 valence electrons. The Morgan fingerprint density at radius 3 is 2.33 bits per heavy atom. The summed E-state index contributed by atoms with van der Waals surface area (Å²) in [5.41, 5.74) is 1.57. The summed E-state index contributed by atoms with van der Waals surface area (Å²) in [5, 5.41) is 11.8. The van der Waals surface area contributed by atoms with Crippen molar-refractivity contribution in [3.05, 3.63) is 99.5 Å². The van der Waals surface area contributed by atoms with Gasteiger partial charge in [-0.3, -0.25) is 4.79 Å². The summed E-state index contributed by atoms with van der Waals surface area (Å²) >= 11 is 6.06. The maximum atomic E-state index is 13.0. The molecular weight excluding hydrogens is 422 g/mol. The summed E-state index contributed by atoms with van der Waals surface area (Å²) in [7, 11) is -3.70. The van der Waals surface area contributed by atoms with Gasteiger partial charge < -0.3 is 5.21 Å². The highest BCUT2D eigenvalue weighted by atomic mass is 35.5. The van der Waals surface area contributed by atoms with Crippen molar-refractivity contribution < 1.29 is 17.9 Å². The van der Waals surface area contributed by atoms with Crippen molar-refractivity contribution in [2.75, 3.05) is 0 Å². The van der Waals surface area contributed by atoms with Crippen LogP contribution in [0.15, 0.2) is 71.9 Å². The fourth-order valence-electron chi connectivity index (χ4n) is 3.08. The lowest BCUT2D eigenvalue weighted by Gasteiger charge is -2.19. The van der Waals surface area contributed by atoms with Gasteiger partial charge in [0.25, 0.3) is 0 Å². The number of carbonyl (C=O) groups excluding carboxylic acids is 1. The lowest BCUT2D eigenvalue weighted by Crippen LogP contribution is -2.26. The number of halogens is 1. The zero-order chi connectivity index (χ0) is 22.1. The number of pyridine rings is 1. The van der Waals surface area contributed by atoms with Crippen molar-refractivity contribution in [3.8, 4) is 0 Å². The number of aromatic nitrogens is 1. The van der Waals surface area contributed by atoms with Crippen LogP contribution in [0.25, 0.3) is 0 Å². The normalized spacial score (nSPS) is 12.0. The highest BCUT2D eigenvalue weighted by molar-refractivity contribution is 7.90. The Kier molecular flexibility index (Phi) is 6.01. The minimum Gasteiger partial charge on any atom is -0.619 e. The molecule has 0 saturated heterocycles. The molecule has 0 spiro atoms. The smallest absolute Gasteiger partial charge is 0.199 e. The van der Waals surface area contributed by atoms with Crippen LogP contribution in [0.2, 0.25) is 5.02 Å². The van der Waals surface area contributed by atoms with Gasteiger partial charge in [-0.1, -0.05) is 50.6 Å². The summed E-state index contributed by atoms with van der Waals surface area (Å²) in [6, 6.07) is 14.2. The van der Waals surface area contributed by atoms with Crippen molar-refractivity contribution in [2.24, 2.45) is 0 Å². The molecule has 0 bridgehead atoms. The van der Waals surface area contributed by atoms with Gasteiger partial charge in [0.1, 0.15) is 0 Å². The molecule has 0 atom stereocenters. The van der Waals surface area contributed by atoms with Crippen LogP contribution in [-0.4, -0.2) is 14.2 Å². The fraction of sp³-hybridized carbons (Fsp3) is 0.217. The van der Waals surface area contributed by atoms with Crippen LogP contribution >= 0.6 is 11.6 Å². The number of ketones is 1. The van der Waals surface area contributed by atoms with E-state index in [1.54, 1.807) is 30.3 Å². The van der Waals surface area contributed by atoms with Crippen LogP contribution in [0.1, 0.15) is 47.8 Å². The first kappa shape index (κ1) is 22.0. The molecule has 0 saturated carbocycles. The topological polar surface area (TPSA) is 78.2 Å². The summed E-state index contributed by atoms with van der Waals surface area (Å²) in [5.74, 6) is -0.819. The van der Waals surface area contributed by atoms with E-state index >= 15 is 0 Å². The first-order valence-electron chi connectivity index (χ1n) is 9.33. The summed E-state index contributed by atoms with van der Waals surface area (Å²) < 4.78 is 26.5. The monoisotopic (exact) mass is 443 g/mol. The van der Waals surface area contributed by atoms with E-state index in [0.717, 1.165) is 11.8 Å². The molecule has 0 unspecified atom stereocenters. The van der Waals surface area contributed by atoms with Gasteiger partial charge >= 0.3 is 0 Å². The van der Waals surface area contributed by atoms with Crippen LogP contribution in [0.3, 0.4) is 0 Å². The average molecular weight is 444 g/mol. The third kappa shape index (κ3) is 4.89. The summed E-state index contributed by atoms with van der Waals surface area (Å²) in [6.45, 7) is 6.16. The number of carbonyl (C=O) groups is 1. The van der Waals surface area contributed by atoms with Gasteiger partial charge in [0.15, 0.2) is 28.0 Å². The average Bonchev–Trinajstić information content (AvgIpc) is 2.68. The van der Waals surface area contributed by atoms with E-state index in [1.807, 2.05) is 0 Å². The van der Waals surface area contributed by atoms with E-state index in [4.69, 9.17) is 11.6 Å². The second kappa shape index (κ2) is 8.20. The van der Waals surface area contributed by atoms with Crippen LogP contribution in [-0.2, 0) is 21.0 Å². The van der Waals surface area contributed by atoms with Gasteiger partial charge in [0.2, 0.25) is 0 Å². The Labute approximate surface area is 181 Å². The minimum atomic E-state index is -3.70. The van der Waals surface area contributed by atoms with E-state index in [9.17, 15) is 18.4 Å². The molecule has 3 rings (SSSR count). The minimum absolute atomic E-state index is 0.0911. The molecule has 0 amide bonds. The van der Waals surface area contributed by atoms with Crippen LogP contribution in [0.5, 0.6) is 0 Å². The molecule has 0 aliphatic carbocycles. The van der Waals surface area contributed by atoms with Crippen LogP contribution in [0.4, 0.5) is 0 Å². The molecule has 1 aromatic heterocycles. The number of hydrogen-bond donors (Lipinski definition) is 0. The Bertz CT molecular complexity index is 1200. The van der Waals surface area contributed by atoms with E-state index in [-0.39, 0.29) is 27.2 Å². The molecule has 5 nitrogen and oxygen atoms in total. The van der Waals surface area contributed by atoms with Crippen molar-refractivity contribution in [1.29, 1.82) is 0 Å². The second-order valence-electron chi connectivity index (χ2n) is 8.12. The molecule has 0 aliphatic heterocycles. The molecule has 3 aromatic rings. The standard InChI is InChI=1S/C23H22ClNO4S/c1-23(2,3)18-7-10-20(11-8-18)30(28,29)15-17-6-9-19(24)13-21(17)22(26)16-5-4-12-25(27)14-16/h4-14H,15H2,1-3H3. The third-order valence-corrected chi connectivity index (χ3v) is 6.70. The highest BCUT2D eigenvalue weighted by Crippen LogP contribution is 2.27. The van der Waals surface area contributed by atoms with Gasteiger partial charge in [0, 0.05) is 16.7 Å². The molecule has 30 heavy (non-hydrogen) atoms. The molecule has 0 N–H and O–H groups in total. The summed E-state index contributed by atoms with van der Waals surface area (Å²) in [4.78, 5) is 13.1. The zero-order valence-electron chi connectivity index (χ0n) is 16.9. The van der Waals surface area contributed by atoms with E-state index < -0.39 is 15.6 Å². The number of sulfone groups is 1. The van der Waals surface area contributed by atoms with Gasteiger partial charge in [-0.05, 0) is 46.9 Å². The first-order valence-corrected chi connectivity index (χ1v) is 11.4. The molecule has 0 fully saturated rings. The zero-order valence-corrected chi connectivity index (χ0v) is 18.5. The maximum absolute atomic E-state index is 13.0. The SMILES string of the molecule is CC(C)(C)c1ccc(S(=O)(=O)Cc2ccc(Cl)cc2C(=O)c2ccc[n+]([O-])c2)cc1. The largest absolute Gasteiger partial charge is 0.619 e. The number of benzene rings is 2. The Morgan fingerprint density at radius 2 is 1.73 bits per heavy atom. The van der Waals surface area contributed by atoms with Crippen molar-refractivity contribution in [1.82, 2.24) is 0 Å². The van der Waals surface area contributed by atoms with E-state index in [2.05, 4.69) is 20.8 Å². The van der Waals surface area contributed by atoms with Crippen LogP contribution in [0, 0.1) is 5.21 Å². The Morgan fingerprint density at radius 1 is 1.07 bits per heavy atom. The molecule has 0 aliphatic rings. The molecule has 0 radical (unpaired) electrons. The van der Waals surface area contributed by atoms with Gasteiger partial charge in [0.05, 0.1) is 16.2 Å². The number of rotatable bonds is 5. The second-order valence-corrected chi connectivity index (χ2v) is 10.5. The highest BCUT2D eigenvalue weighted by Gasteiger charge is 2.23. The fourth-order valence-corrected chi connectivity index (χ4v) is 4.63. The van der Waals surface area contributed by atoms with E-state index in [0.29, 0.717) is 15.3 Å².